The molecule has 0 saturated carbocycles. The van der Waals surface area contributed by atoms with Crippen LogP contribution in [0.5, 0.6) is 0 Å². The van der Waals surface area contributed by atoms with Gasteiger partial charge in [-0.15, -0.1) is 24.0 Å². The zero-order chi connectivity index (χ0) is 19.1. The molecule has 3 heterocycles. The van der Waals surface area contributed by atoms with Crippen LogP contribution in [0.1, 0.15) is 36.7 Å². The lowest BCUT2D eigenvalue weighted by atomic mass is 9.99. The number of halogens is 1. The lowest BCUT2D eigenvalue weighted by Gasteiger charge is -2.36. The van der Waals surface area contributed by atoms with E-state index in [0.29, 0.717) is 18.8 Å². The van der Waals surface area contributed by atoms with Gasteiger partial charge in [0.15, 0.2) is 11.7 Å². The molecule has 2 fully saturated rings. The number of aliphatic imine (C=N–C) groups is 1. The molecule has 0 aromatic carbocycles. The molecule has 28 heavy (non-hydrogen) atoms. The second-order valence-corrected chi connectivity index (χ2v) is 7.61. The van der Waals surface area contributed by atoms with Crippen molar-refractivity contribution in [3.63, 3.8) is 0 Å². The van der Waals surface area contributed by atoms with E-state index in [4.69, 9.17) is 4.42 Å². The fourth-order valence-corrected chi connectivity index (χ4v) is 3.80. The van der Waals surface area contributed by atoms with Gasteiger partial charge in [0, 0.05) is 39.8 Å². The molecular weight excluding hydrogens is 469 g/mol. The maximum atomic E-state index is 12.4. The molecule has 1 aromatic rings. The summed E-state index contributed by atoms with van der Waals surface area (Å²) in [5.74, 6) is 2.21. The summed E-state index contributed by atoms with van der Waals surface area (Å²) in [5, 5.41) is 3.49. The van der Waals surface area contributed by atoms with E-state index in [-0.39, 0.29) is 29.9 Å². The third kappa shape index (κ3) is 6.37. The molecule has 0 atom stereocenters. The van der Waals surface area contributed by atoms with Crippen LogP contribution in [0, 0.1) is 5.92 Å². The van der Waals surface area contributed by atoms with Gasteiger partial charge in [-0.25, -0.2) is 0 Å². The molecule has 8 heteroatoms. The Labute approximate surface area is 185 Å². The van der Waals surface area contributed by atoms with Crippen molar-refractivity contribution in [1.29, 1.82) is 0 Å². The number of nitrogens with zero attached hydrogens (tertiary/aromatic N) is 4. The molecule has 1 aromatic heterocycles. The Morgan fingerprint density at radius 2 is 1.86 bits per heavy atom. The third-order valence-corrected chi connectivity index (χ3v) is 5.62. The highest BCUT2D eigenvalue weighted by Crippen LogP contribution is 2.15. The number of rotatable bonds is 5. The van der Waals surface area contributed by atoms with Gasteiger partial charge in [0.05, 0.1) is 6.26 Å². The minimum absolute atomic E-state index is 0. The number of hydrogen-bond donors (Lipinski definition) is 1. The molecule has 0 radical (unpaired) electrons. The Kier molecular flexibility index (Phi) is 9.57. The minimum atomic E-state index is -0.0292. The number of likely N-dealkylation sites (tertiary alicyclic amines) is 1. The zero-order valence-electron chi connectivity index (χ0n) is 17.1. The van der Waals surface area contributed by atoms with Crippen molar-refractivity contribution >= 4 is 35.8 Å². The van der Waals surface area contributed by atoms with Crippen LogP contribution in [-0.2, 0) is 0 Å². The molecule has 0 spiro atoms. The summed E-state index contributed by atoms with van der Waals surface area (Å²) < 4.78 is 5.22. The molecule has 2 saturated heterocycles. The summed E-state index contributed by atoms with van der Waals surface area (Å²) in [6, 6.07) is 3.47. The van der Waals surface area contributed by atoms with E-state index in [0.717, 1.165) is 44.5 Å². The van der Waals surface area contributed by atoms with E-state index in [1.165, 1.54) is 25.9 Å². The first kappa shape index (κ1) is 23.0. The Bertz CT molecular complexity index is 606. The summed E-state index contributed by atoms with van der Waals surface area (Å²) in [7, 11) is 1.83. The van der Waals surface area contributed by atoms with Crippen molar-refractivity contribution in [3.05, 3.63) is 24.2 Å². The number of piperidine rings is 1. The summed E-state index contributed by atoms with van der Waals surface area (Å²) >= 11 is 0. The number of hydrogen-bond acceptors (Lipinski definition) is 4. The quantitative estimate of drug-likeness (QED) is 0.289. The number of furan rings is 1. The smallest absolute Gasteiger partial charge is 0.289 e. The van der Waals surface area contributed by atoms with E-state index in [2.05, 4.69) is 27.0 Å². The van der Waals surface area contributed by atoms with Gasteiger partial charge in [0.25, 0.3) is 5.91 Å². The van der Waals surface area contributed by atoms with Gasteiger partial charge in [-0.05, 0) is 56.9 Å². The van der Waals surface area contributed by atoms with E-state index < -0.39 is 0 Å². The van der Waals surface area contributed by atoms with Gasteiger partial charge in [0.2, 0.25) is 0 Å². The van der Waals surface area contributed by atoms with Gasteiger partial charge in [0.1, 0.15) is 0 Å². The van der Waals surface area contributed by atoms with Crippen LogP contribution in [0.2, 0.25) is 0 Å². The van der Waals surface area contributed by atoms with Crippen LogP contribution >= 0.6 is 24.0 Å². The second-order valence-electron chi connectivity index (χ2n) is 7.61. The molecule has 1 amide bonds. The van der Waals surface area contributed by atoms with Crippen LogP contribution in [0.3, 0.4) is 0 Å². The number of amides is 1. The van der Waals surface area contributed by atoms with Gasteiger partial charge in [-0.2, -0.15) is 0 Å². The molecule has 0 unspecified atom stereocenters. The molecular formula is C20H34IN5O2. The predicted octanol–water partition coefficient (Wildman–Crippen LogP) is 2.35. The van der Waals surface area contributed by atoms with Crippen molar-refractivity contribution < 1.29 is 9.21 Å². The number of nitrogens with one attached hydrogen (secondary N) is 1. The summed E-state index contributed by atoms with van der Waals surface area (Å²) in [5.41, 5.74) is 0. The van der Waals surface area contributed by atoms with Crippen molar-refractivity contribution in [3.8, 4) is 0 Å². The molecule has 0 aliphatic carbocycles. The highest BCUT2D eigenvalue weighted by atomic mass is 127. The van der Waals surface area contributed by atoms with E-state index in [9.17, 15) is 4.79 Å². The Balaban J connectivity index is 0.00000280. The largest absolute Gasteiger partial charge is 0.459 e. The Morgan fingerprint density at radius 1 is 1.18 bits per heavy atom. The van der Waals surface area contributed by atoms with Crippen molar-refractivity contribution in [2.24, 2.45) is 10.9 Å². The number of carbonyl (C=O) groups is 1. The molecule has 0 bridgehead atoms. The van der Waals surface area contributed by atoms with Crippen LogP contribution in [0.25, 0.3) is 0 Å². The molecule has 1 N–H and O–H groups in total. The van der Waals surface area contributed by atoms with Crippen molar-refractivity contribution in [2.45, 2.75) is 26.2 Å². The first-order valence-electron chi connectivity index (χ1n) is 10.2. The fourth-order valence-electron chi connectivity index (χ4n) is 3.80. The SMILES string of the molecule is CN=C(NCCCN1CCC(C)CC1)N1CCN(C(=O)c2ccco2)CC1.I. The number of carbonyl (C=O) groups excluding carboxylic acids is 1. The van der Waals surface area contributed by atoms with Crippen LogP contribution in [0.15, 0.2) is 27.8 Å². The second kappa shape index (κ2) is 11.6. The summed E-state index contributed by atoms with van der Waals surface area (Å²) in [4.78, 5) is 23.4. The topological polar surface area (TPSA) is 64.3 Å². The standard InChI is InChI=1S/C20H33N5O2.HI/c1-17-6-10-23(11-7-17)9-4-8-22-20(21-2)25-14-12-24(13-15-25)19(26)18-5-3-16-27-18;/h3,5,16-17H,4,6-15H2,1-2H3,(H,21,22);1H. The molecule has 2 aliphatic heterocycles. The maximum Gasteiger partial charge on any atom is 0.289 e. The maximum absolute atomic E-state index is 12.4. The molecule has 2 aliphatic rings. The summed E-state index contributed by atoms with van der Waals surface area (Å²) in [6.07, 6.45) is 5.33. The van der Waals surface area contributed by atoms with Gasteiger partial charge in [-0.3, -0.25) is 9.79 Å². The number of piperazine rings is 1. The van der Waals surface area contributed by atoms with E-state index >= 15 is 0 Å². The lowest BCUT2D eigenvalue weighted by molar-refractivity contribution is 0.0657. The van der Waals surface area contributed by atoms with Crippen molar-refractivity contribution in [1.82, 2.24) is 20.0 Å². The van der Waals surface area contributed by atoms with Crippen LogP contribution < -0.4 is 5.32 Å². The number of guanidine groups is 1. The van der Waals surface area contributed by atoms with Crippen LogP contribution in [0.4, 0.5) is 0 Å². The highest BCUT2D eigenvalue weighted by molar-refractivity contribution is 14.0. The molecule has 3 rings (SSSR count). The summed E-state index contributed by atoms with van der Waals surface area (Å²) in [6.45, 7) is 9.87. The Morgan fingerprint density at radius 3 is 2.46 bits per heavy atom. The minimum Gasteiger partial charge on any atom is -0.459 e. The van der Waals surface area contributed by atoms with Gasteiger partial charge < -0.3 is 24.4 Å². The zero-order valence-corrected chi connectivity index (χ0v) is 19.4. The van der Waals surface area contributed by atoms with E-state index in [1.807, 2.05) is 11.9 Å². The lowest BCUT2D eigenvalue weighted by Crippen LogP contribution is -2.54. The van der Waals surface area contributed by atoms with Crippen molar-refractivity contribution in [2.75, 3.05) is 59.4 Å². The third-order valence-electron chi connectivity index (χ3n) is 5.62. The molecule has 158 valence electrons. The average Bonchev–Trinajstić information content (AvgIpc) is 3.24. The van der Waals surface area contributed by atoms with Gasteiger partial charge >= 0.3 is 0 Å². The van der Waals surface area contributed by atoms with E-state index in [1.54, 1.807) is 18.4 Å². The monoisotopic (exact) mass is 503 g/mol. The molecule has 7 nitrogen and oxygen atoms in total. The van der Waals surface area contributed by atoms with Gasteiger partial charge in [-0.1, -0.05) is 6.92 Å². The predicted molar refractivity (Wildman–Crippen MR) is 122 cm³/mol. The first-order chi connectivity index (χ1) is 13.2. The highest BCUT2D eigenvalue weighted by Gasteiger charge is 2.25. The normalized spacial score (nSPS) is 19.4. The average molecular weight is 503 g/mol. The first-order valence-corrected chi connectivity index (χ1v) is 10.2. The fraction of sp³-hybridized carbons (Fsp3) is 0.700. The van der Waals surface area contributed by atoms with Crippen LogP contribution in [-0.4, -0.2) is 86.0 Å². The Hall–Kier alpha value is -1.29.